The van der Waals surface area contributed by atoms with E-state index in [4.69, 9.17) is 4.42 Å². The van der Waals surface area contributed by atoms with Crippen LogP contribution in [0.2, 0.25) is 0 Å². The fourth-order valence-corrected chi connectivity index (χ4v) is 8.79. The third-order valence-electron chi connectivity index (χ3n) is 9.69. The zero-order valence-electron chi connectivity index (χ0n) is 26.5. The van der Waals surface area contributed by atoms with E-state index < -0.39 is 0 Å². The van der Waals surface area contributed by atoms with Gasteiger partial charge in [-0.05, 0) is 52.7 Å². The van der Waals surface area contributed by atoms with Crippen LogP contribution in [-0.4, -0.2) is 0 Å². The van der Waals surface area contributed by atoms with Gasteiger partial charge < -0.3 is 14.6 Å². The lowest BCUT2D eigenvalue weighted by molar-refractivity contribution is 0.670. The average molecular weight is 647 g/mol. The largest absolute Gasteiger partial charge is 0.455 e. The normalized spacial score (nSPS) is 14.0. The molecule has 0 bridgehead atoms. The molecule has 1 atom stereocenters. The van der Waals surface area contributed by atoms with E-state index in [0.29, 0.717) is 0 Å². The molecule has 9 aromatic rings. The van der Waals surface area contributed by atoms with E-state index in [2.05, 4.69) is 168 Å². The average Bonchev–Trinajstić information content (AvgIpc) is 3.78. The van der Waals surface area contributed by atoms with Gasteiger partial charge in [0.15, 0.2) is 0 Å². The number of nitrogens with one attached hydrogen (secondary N) is 1. The summed E-state index contributed by atoms with van der Waals surface area (Å²) in [5, 5.41) is 11.2. The lowest BCUT2D eigenvalue weighted by Gasteiger charge is -2.29. The van der Waals surface area contributed by atoms with Gasteiger partial charge >= 0.3 is 0 Å². The molecule has 3 nitrogen and oxygen atoms in total. The highest BCUT2D eigenvalue weighted by atomic mass is 32.2. The monoisotopic (exact) mass is 646 g/mol. The molecule has 0 radical (unpaired) electrons. The van der Waals surface area contributed by atoms with E-state index in [1.54, 1.807) is 0 Å². The van der Waals surface area contributed by atoms with Crippen molar-refractivity contribution >= 4 is 78.0 Å². The minimum Gasteiger partial charge on any atom is -0.455 e. The van der Waals surface area contributed by atoms with Crippen molar-refractivity contribution in [2.24, 2.45) is 0 Å². The Balaban J connectivity index is 1.20. The number of hydrogen-bond donors (Lipinski definition) is 1. The van der Waals surface area contributed by atoms with Gasteiger partial charge in [0.05, 0.1) is 11.4 Å². The fourth-order valence-electron chi connectivity index (χ4n) is 7.47. The number of thioether (sulfide) groups is 1. The van der Waals surface area contributed by atoms with E-state index >= 15 is 0 Å². The molecule has 1 aromatic heterocycles. The Bertz CT molecular complexity index is 2680. The molecule has 1 aliphatic rings. The number of benzene rings is 8. The van der Waals surface area contributed by atoms with Crippen LogP contribution in [0.3, 0.4) is 0 Å². The first-order valence-corrected chi connectivity index (χ1v) is 17.5. The summed E-state index contributed by atoms with van der Waals surface area (Å²) in [6, 6.07) is 60.7. The quantitative estimate of drug-likeness (QED) is 0.188. The molecule has 0 fully saturated rings. The van der Waals surface area contributed by atoms with Crippen LogP contribution in [0.5, 0.6) is 0 Å². The van der Waals surface area contributed by atoms with Crippen molar-refractivity contribution in [2.45, 2.75) is 10.3 Å². The van der Waals surface area contributed by atoms with Crippen LogP contribution in [0.25, 0.3) is 54.6 Å². The Hall–Kier alpha value is -5.97. The molecule has 49 heavy (non-hydrogen) atoms. The topological polar surface area (TPSA) is 28.4 Å². The highest BCUT2D eigenvalue weighted by Gasteiger charge is 2.27. The van der Waals surface area contributed by atoms with E-state index in [-0.39, 0.29) is 5.37 Å². The first kappa shape index (κ1) is 28.1. The van der Waals surface area contributed by atoms with Crippen molar-refractivity contribution < 1.29 is 4.42 Å². The summed E-state index contributed by atoms with van der Waals surface area (Å²) in [5.74, 6) is 0. The molecule has 1 unspecified atom stereocenters. The number of nitrogens with zero attached hydrogens (tertiary/aromatic N) is 1. The summed E-state index contributed by atoms with van der Waals surface area (Å²) >= 11 is 1.91. The van der Waals surface area contributed by atoms with Crippen LogP contribution in [0.15, 0.2) is 179 Å². The summed E-state index contributed by atoms with van der Waals surface area (Å²) in [5.41, 5.74) is 9.77. The van der Waals surface area contributed by atoms with E-state index in [9.17, 15) is 0 Å². The van der Waals surface area contributed by atoms with Gasteiger partial charge in [0.2, 0.25) is 0 Å². The molecule has 232 valence electrons. The number of anilines is 4. The lowest BCUT2D eigenvalue weighted by Crippen LogP contribution is -2.11. The van der Waals surface area contributed by atoms with Crippen molar-refractivity contribution in [3.8, 4) is 11.1 Å². The van der Waals surface area contributed by atoms with Gasteiger partial charge in [-0.3, -0.25) is 0 Å². The smallest absolute Gasteiger partial charge is 0.143 e. The molecule has 8 aromatic carbocycles. The number of furan rings is 1. The maximum atomic E-state index is 6.56. The van der Waals surface area contributed by atoms with Crippen LogP contribution in [0.4, 0.5) is 22.7 Å². The SMILES string of the molecule is c1ccc(C2Nc3ccc4ccc5c(N(c6ccccc6)c6ccccc6-c6cccc7c6oc6ccccc67)cccc5c4c3S2)cc1. The predicted molar refractivity (Wildman–Crippen MR) is 208 cm³/mol. The summed E-state index contributed by atoms with van der Waals surface area (Å²) in [4.78, 5) is 3.71. The molecular formula is C45H30N2OS. The lowest BCUT2D eigenvalue weighted by atomic mass is 9.97. The van der Waals surface area contributed by atoms with Gasteiger partial charge in [0.1, 0.15) is 16.5 Å². The number of rotatable bonds is 5. The van der Waals surface area contributed by atoms with Crippen molar-refractivity contribution in [1.82, 2.24) is 0 Å². The molecule has 0 spiro atoms. The third-order valence-corrected chi connectivity index (χ3v) is 11.0. The van der Waals surface area contributed by atoms with Gasteiger partial charge in [0.25, 0.3) is 0 Å². The molecule has 0 saturated heterocycles. The number of fused-ring (bicyclic) bond motifs is 8. The maximum Gasteiger partial charge on any atom is 0.143 e. The molecule has 1 N–H and O–H groups in total. The summed E-state index contributed by atoms with van der Waals surface area (Å²) in [6.45, 7) is 0. The second-order valence-electron chi connectivity index (χ2n) is 12.5. The first-order chi connectivity index (χ1) is 24.3. The summed E-state index contributed by atoms with van der Waals surface area (Å²) in [7, 11) is 0. The fraction of sp³-hybridized carbons (Fsp3) is 0.0222. The van der Waals surface area contributed by atoms with Crippen LogP contribution >= 0.6 is 11.8 Å². The minimum absolute atomic E-state index is 0.175. The number of para-hydroxylation sites is 4. The second-order valence-corrected chi connectivity index (χ2v) is 13.6. The zero-order chi connectivity index (χ0) is 32.3. The van der Waals surface area contributed by atoms with Gasteiger partial charge in [-0.1, -0.05) is 145 Å². The van der Waals surface area contributed by atoms with E-state index in [1.165, 1.54) is 37.7 Å². The van der Waals surface area contributed by atoms with Crippen molar-refractivity contribution in [3.05, 3.63) is 175 Å². The van der Waals surface area contributed by atoms with Gasteiger partial charge in [0, 0.05) is 48.9 Å². The van der Waals surface area contributed by atoms with Gasteiger partial charge in [-0.15, -0.1) is 0 Å². The molecule has 0 aliphatic carbocycles. The molecule has 0 saturated carbocycles. The molecule has 1 aliphatic heterocycles. The van der Waals surface area contributed by atoms with Crippen LogP contribution in [0, 0.1) is 0 Å². The second kappa shape index (κ2) is 11.3. The van der Waals surface area contributed by atoms with Gasteiger partial charge in [-0.25, -0.2) is 0 Å². The Morgan fingerprint density at radius 1 is 0.510 bits per heavy atom. The molecule has 4 heteroatoms. The Kier molecular flexibility index (Phi) is 6.49. The van der Waals surface area contributed by atoms with Crippen LogP contribution in [0.1, 0.15) is 10.9 Å². The minimum atomic E-state index is 0.175. The highest BCUT2D eigenvalue weighted by Crippen LogP contribution is 2.52. The van der Waals surface area contributed by atoms with E-state index in [0.717, 1.165) is 50.1 Å². The summed E-state index contributed by atoms with van der Waals surface area (Å²) in [6.07, 6.45) is 0. The van der Waals surface area contributed by atoms with Crippen molar-refractivity contribution in [2.75, 3.05) is 10.2 Å². The van der Waals surface area contributed by atoms with Crippen LogP contribution in [-0.2, 0) is 0 Å². The molecule has 0 amide bonds. The predicted octanol–water partition coefficient (Wildman–Crippen LogP) is 13.2. The van der Waals surface area contributed by atoms with E-state index in [1.807, 2.05) is 23.9 Å². The highest BCUT2D eigenvalue weighted by molar-refractivity contribution is 8.00. The Labute approximate surface area is 288 Å². The zero-order valence-corrected chi connectivity index (χ0v) is 27.3. The van der Waals surface area contributed by atoms with Crippen LogP contribution < -0.4 is 10.2 Å². The van der Waals surface area contributed by atoms with Gasteiger partial charge in [-0.2, -0.15) is 0 Å². The first-order valence-electron chi connectivity index (χ1n) is 16.6. The summed E-state index contributed by atoms with van der Waals surface area (Å²) < 4.78 is 6.56. The molecule has 2 heterocycles. The Morgan fingerprint density at radius 2 is 1.18 bits per heavy atom. The molecule has 10 rings (SSSR count). The standard InChI is InChI=1S/C45H30N2OS/c1-3-13-30(14-4-1)45-46-38-28-26-29-25-27-33-35(42(29)44(38)49-45)19-12-23-40(33)47(31-15-5-2-6-16-31)39-22-9-7-17-32(39)36-20-11-21-37-34-18-8-10-24-41(34)48-43(36)37/h1-28,45-46H. The van der Waals surface area contributed by atoms with Crippen molar-refractivity contribution in [3.63, 3.8) is 0 Å². The number of hydrogen-bond acceptors (Lipinski definition) is 4. The Morgan fingerprint density at radius 3 is 2.08 bits per heavy atom. The maximum absolute atomic E-state index is 6.56. The molecular weight excluding hydrogens is 617 g/mol. The third kappa shape index (κ3) is 4.52. The van der Waals surface area contributed by atoms with Crippen molar-refractivity contribution in [1.29, 1.82) is 0 Å².